The molecule has 0 aliphatic carbocycles. The maximum Gasteiger partial charge on any atom is 0.224 e. The van der Waals surface area contributed by atoms with Crippen LogP contribution in [0.3, 0.4) is 0 Å². The van der Waals surface area contributed by atoms with E-state index in [1.807, 2.05) is 6.92 Å². The average molecular weight is 327 g/mol. The molecule has 2 unspecified atom stereocenters. The third-order valence-electron chi connectivity index (χ3n) is 1.94. The van der Waals surface area contributed by atoms with Crippen molar-refractivity contribution in [3.05, 3.63) is 16.0 Å². The molecule has 0 saturated heterocycles. The molecule has 4 nitrogen and oxygen atoms in total. The first-order chi connectivity index (χ1) is 7.49. The number of anilines is 1. The Hall–Kier alpha value is -0.200. The first kappa shape index (κ1) is 13.9. The first-order valence-electron chi connectivity index (χ1n) is 4.73. The molecule has 0 radical (unpaired) electrons. The summed E-state index contributed by atoms with van der Waals surface area (Å²) in [5, 5.41) is 3.39. The molecular formula is C9H13BrClN3OS. The van der Waals surface area contributed by atoms with Crippen molar-refractivity contribution in [1.29, 1.82) is 0 Å². The van der Waals surface area contributed by atoms with Gasteiger partial charge in [-0.2, -0.15) is 4.98 Å². The fourth-order valence-corrected chi connectivity index (χ4v) is 2.22. The van der Waals surface area contributed by atoms with Crippen molar-refractivity contribution in [3.63, 3.8) is 0 Å². The lowest BCUT2D eigenvalue weighted by Crippen LogP contribution is -2.19. The molecule has 0 saturated carbocycles. The zero-order chi connectivity index (χ0) is 12.1. The van der Waals surface area contributed by atoms with Crippen LogP contribution in [0.2, 0.25) is 5.28 Å². The topological polar surface area (TPSA) is 54.9 Å². The first-order valence-corrected chi connectivity index (χ1v) is 7.63. The van der Waals surface area contributed by atoms with Crippen LogP contribution in [0.25, 0.3) is 0 Å². The Morgan fingerprint density at radius 2 is 2.38 bits per heavy atom. The van der Waals surface area contributed by atoms with E-state index in [2.05, 4.69) is 31.2 Å². The van der Waals surface area contributed by atoms with Gasteiger partial charge in [-0.25, -0.2) is 4.98 Å². The van der Waals surface area contributed by atoms with Gasteiger partial charge in [0.1, 0.15) is 5.82 Å². The lowest BCUT2D eigenvalue weighted by atomic mass is 10.2. The molecule has 0 bridgehead atoms. The summed E-state index contributed by atoms with van der Waals surface area (Å²) in [6.45, 7) is 2.01. The molecule has 0 spiro atoms. The zero-order valence-electron chi connectivity index (χ0n) is 9.04. The SMILES string of the molecule is CC(CCS(C)=O)Nc1nc(Cl)ncc1Br. The molecular weight excluding hydrogens is 314 g/mol. The molecule has 0 aromatic carbocycles. The van der Waals surface area contributed by atoms with Gasteiger partial charge >= 0.3 is 0 Å². The van der Waals surface area contributed by atoms with Crippen LogP contribution in [0.1, 0.15) is 13.3 Å². The van der Waals surface area contributed by atoms with Crippen LogP contribution in [-0.4, -0.2) is 32.2 Å². The van der Waals surface area contributed by atoms with Crippen molar-refractivity contribution in [3.8, 4) is 0 Å². The van der Waals surface area contributed by atoms with E-state index in [1.165, 1.54) is 0 Å². The summed E-state index contributed by atoms with van der Waals surface area (Å²) in [5.41, 5.74) is 0. The minimum Gasteiger partial charge on any atom is -0.367 e. The van der Waals surface area contributed by atoms with Crippen LogP contribution in [0.15, 0.2) is 10.7 Å². The largest absolute Gasteiger partial charge is 0.367 e. The second-order valence-corrected chi connectivity index (χ2v) is 6.19. The average Bonchev–Trinajstić information content (AvgIpc) is 2.20. The summed E-state index contributed by atoms with van der Waals surface area (Å²) in [5.74, 6) is 1.33. The minimum absolute atomic E-state index is 0.186. The lowest BCUT2D eigenvalue weighted by Gasteiger charge is -2.14. The van der Waals surface area contributed by atoms with Crippen LogP contribution < -0.4 is 5.32 Å². The second kappa shape index (κ2) is 6.51. The van der Waals surface area contributed by atoms with Gasteiger partial charge in [-0.3, -0.25) is 4.21 Å². The van der Waals surface area contributed by atoms with E-state index in [0.717, 1.165) is 10.9 Å². The molecule has 1 N–H and O–H groups in total. The van der Waals surface area contributed by atoms with Crippen LogP contribution in [0, 0.1) is 0 Å². The highest BCUT2D eigenvalue weighted by Gasteiger charge is 2.08. The van der Waals surface area contributed by atoms with E-state index in [1.54, 1.807) is 12.5 Å². The normalized spacial score (nSPS) is 14.5. The van der Waals surface area contributed by atoms with E-state index in [9.17, 15) is 4.21 Å². The Morgan fingerprint density at radius 1 is 1.69 bits per heavy atom. The fraction of sp³-hybridized carbons (Fsp3) is 0.556. The standard InChI is InChI=1S/C9H13BrClN3OS/c1-6(3-4-16(2)15)13-8-7(10)5-12-9(11)14-8/h5-6H,3-4H2,1-2H3,(H,12,13,14). The van der Waals surface area contributed by atoms with Crippen molar-refractivity contribution < 1.29 is 4.21 Å². The van der Waals surface area contributed by atoms with E-state index < -0.39 is 10.8 Å². The molecule has 0 aliphatic heterocycles. The highest BCUT2D eigenvalue weighted by atomic mass is 79.9. The fourth-order valence-electron chi connectivity index (χ4n) is 1.10. The van der Waals surface area contributed by atoms with E-state index in [-0.39, 0.29) is 11.3 Å². The quantitative estimate of drug-likeness (QED) is 0.845. The van der Waals surface area contributed by atoms with Crippen molar-refractivity contribution in [2.75, 3.05) is 17.3 Å². The Balaban J connectivity index is 2.58. The minimum atomic E-state index is -0.764. The number of aromatic nitrogens is 2. The smallest absolute Gasteiger partial charge is 0.224 e. The molecule has 90 valence electrons. The molecule has 0 amide bonds. The molecule has 1 aromatic heterocycles. The molecule has 1 aromatic rings. The van der Waals surface area contributed by atoms with Crippen molar-refractivity contribution >= 4 is 44.1 Å². The van der Waals surface area contributed by atoms with E-state index in [0.29, 0.717) is 11.6 Å². The molecule has 0 fully saturated rings. The van der Waals surface area contributed by atoms with Crippen molar-refractivity contribution in [2.45, 2.75) is 19.4 Å². The summed E-state index contributed by atoms with van der Waals surface area (Å²) in [7, 11) is -0.764. The van der Waals surface area contributed by atoms with Gasteiger partial charge in [0.15, 0.2) is 0 Å². The number of halogens is 2. The zero-order valence-corrected chi connectivity index (χ0v) is 12.2. The van der Waals surface area contributed by atoms with Gasteiger partial charge in [-0.15, -0.1) is 0 Å². The van der Waals surface area contributed by atoms with E-state index >= 15 is 0 Å². The molecule has 16 heavy (non-hydrogen) atoms. The third kappa shape index (κ3) is 4.76. The molecule has 1 heterocycles. The summed E-state index contributed by atoms with van der Waals surface area (Å²) >= 11 is 9.03. The van der Waals surface area contributed by atoms with Gasteiger partial charge in [-0.1, -0.05) is 0 Å². The number of nitrogens with zero attached hydrogens (tertiary/aromatic N) is 2. The van der Waals surface area contributed by atoms with Gasteiger partial charge in [0, 0.05) is 35.0 Å². The summed E-state index contributed by atoms with van der Waals surface area (Å²) in [6.07, 6.45) is 4.11. The Labute approximate surface area is 111 Å². The molecule has 1 rings (SSSR count). The lowest BCUT2D eigenvalue weighted by molar-refractivity contribution is 0.678. The maximum absolute atomic E-state index is 10.9. The van der Waals surface area contributed by atoms with Crippen LogP contribution >= 0.6 is 27.5 Å². The van der Waals surface area contributed by atoms with Crippen molar-refractivity contribution in [2.24, 2.45) is 0 Å². The molecule has 0 aliphatic rings. The highest BCUT2D eigenvalue weighted by Crippen LogP contribution is 2.21. The summed E-state index contributed by atoms with van der Waals surface area (Å²) in [6, 6.07) is 0.186. The highest BCUT2D eigenvalue weighted by molar-refractivity contribution is 9.10. The van der Waals surface area contributed by atoms with Crippen LogP contribution in [0.5, 0.6) is 0 Å². The Kier molecular flexibility index (Phi) is 5.64. The second-order valence-electron chi connectivity index (χ2n) is 3.45. The number of rotatable bonds is 5. The van der Waals surface area contributed by atoms with Gasteiger partial charge in [0.25, 0.3) is 0 Å². The summed E-state index contributed by atoms with van der Waals surface area (Å²) in [4.78, 5) is 7.90. The Morgan fingerprint density at radius 3 is 3.00 bits per heavy atom. The van der Waals surface area contributed by atoms with Gasteiger partial charge < -0.3 is 5.32 Å². The van der Waals surface area contributed by atoms with Crippen LogP contribution in [0.4, 0.5) is 5.82 Å². The predicted octanol–water partition coefficient (Wildman–Crippen LogP) is 2.46. The van der Waals surface area contributed by atoms with Crippen molar-refractivity contribution in [1.82, 2.24) is 9.97 Å². The number of hydrogen-bond acceptors (Lipinski definition) is 4. The molecule has 2 atom stereocenters. The van der Waals surface area contributed by atoms with E-state index in [4.69, 9.17) is 11.6 Å². The van der Waals surface area contributed by atoms with Gasteiger partial charge in [0.2, 0.25) is 5.28 Å². The number of hydrogen-bond donors (Lipinski definition) is 1. The predicted molar refractivity (Wildman–Crippen MR) is 71.4 cm³/mol. The number of nitrogens with one attached hydrogen (secondary N) is 1. The van der Waals surface area contributed by atoms with Gasteiger partial charge in [-0.05, 0) is 40.9 Å². The molecule has 7 heteroatoms. The third-order valence-corrected chi connectivity index (χ3v) is 3.51. The Bertz CT molecular complexity index is 391. The van der Waals surface area contributed by atoms with Crippen LogP contribution in [-0.2, 0) is 10.8 Å². The van der Waals surface area contributed by atoms with Gasteiger partial charge in [0.05, 0.1) is 4.47 Å². The monoisotopic (exact) mass is 325 g/mol. The maximum atomic E-state index is 10.9. The summed E-state index contributed by atoms with van der Waals surface area (Å²) < 4.78 is 11.7.